The van der Waals surface area contributed by atoms with E-state index in [1.165, 1.54) is 0 Å². The van der Waals surface area contributed by atoms with Crippen molar-refractivity contribution in [3.63, 3.8) is 0 Å². The van der Waals surface area contributed by atoms with E-state index in [2.05, 4.69) is 0 Å². The summed E-state index contributed by atoms with van der Waals surface area (Å²) < 4.78 is 5.62. The smallest absolute Gasteiger partial charge is 0.166 e. The maximum Gasteiger partial charge on any atom is 0.166 e. The zero-order valence-electron chi connectivity index (χ0n) is 11.4. The minimum Gasteiger partial charge on any atom is -0.493 e. The highest BCUT2D eigenvalue weighted by Crippen LogP contribution is 2.22. The van der Waals surface area contributed by atoms with Crippen LogP contribution >= 0.6 is 11.6 Å². The van der Waals surface area contributed by atoms with Crippen LogP contribution in [0.25, 0.3) is 0 Å². The molecule has 0 unspecified atom stereocenters. The molecule has 0 saturated carbocycles. The van der Waals surface area contributed by atoms with Gasteiger partial charge in [-0.2, -0.15) is 0 Å². The summed E-state index contributed by atoms with van der Waals surface area (Å²) in [5.41, 5.74) is 1.78. The average molecular weight is 289 g/mol. The number of hydrogen-bond donors (Lipinski definition) is 0. The van der Waals surface area contributed by atoms with E-state index < -0.39 is 0 Å². The highest BCUT2D eigenvalue weighted by atomic mass is 35.5. The maximum absolute atomic E-state index is 11.9. The third-order valence-electron chi connectivity index (χ3n) is 3.09. The number of aryl methyl sites for hydroxylation is 1. The van der Waals surface area contributed by atoms with Gasteiger partial charge in [0.05, 0.1) is 6.61 Å². The number of carbonyl (C=O) groups is 1. The molecule has 2 rings (SSSR count). The minimum absolute atomic E-state index is 0.0929. The Hall–Kier alpha value is -1.80. The van der Waals surface area contributed by atoms with E-state index in [9.17, 15) is 4.79 Å². The fraction of sp³-hybridized carbons (Fsp3) is 0.235. The molecule has 20 heavy (non-hydrogen) atoms. The number of ether oxygens (including phenoxy) is 1. The maximum atomic E-state index is 11.9. The van der Waals surface area contributed by atoms with Gasteiger partial charge in [0, 0.05) is 17.0 Å². The Morgan fingerprint density at radius 2 is 1.90 bits per heavy atom. The summed E-state index contributed by atoms with van der Waals surface area (Å²) >= 11 is 6.05. The molecule has 0 fully saturated rings. The fourth-order valence-corrected chi connectivity index (χ4v) is 2.19. The lowest BCUT2D eigenvalue weighted by Crippen LogP contribution is -2.06. The molecule has 0 atom stereocenters. The van der Waals surface area contributed by atoms with Crippen molar-refractivity contribution in [2.24, 2.45) is 0 Å². The summed E-state index contributed by atoms with van der Waals surface area (Å²) in [6.45, 7) is 2.42. The van der Waals surface area contributed by atoms with Gasteiger partial charge in [0.15, 0.2) is 5.78 Å². The number of rotatable bonds is 6. The first-order valence-corrected chi connectivity index (χ1v) is 7.08. The van der Waals surface area contributed by atoms with E-state index in [0.29, 0.717) is 13.0 Å². The first-order chi connectivity index (χ1) is 9.70. The molecule has 0 aromatic heterocycles. The van der Waals surface area contributed by atoms with E-state index in [1.54, 1.807) is 0 Å². The van der Waals surface area contributed by atoms with Crippen LogP contribution in [0.3, 0.4) is 0 Å². The Bertz CT molecular complexity index is 579. The molecule has 0 aliphatic heterocycles. The number of ketones is 1. The Morgan fingerprint density at radius 1 is 1.15 bits per heavy atom. The van der Waals surface area contributed by atoms with Crippen LogP contribution in [0.2, 0.25) is 5.02 Å². The third-order valence-corrected chi connectivity index (χ3v) is 3.46. The standard InChI is InChI=1S/C17H17ClO2/c1-2-13-12-15(8-9-16(13)18)20-11-10-17(19)14-6-4-3-5-7-14/h3-9,12H,2,10-11H2,1H3. The van der Waals surface area contributed by atoms with Gasteiger partial charge in [-0.15, -0.1) is 0 Å². The average Bonchev–Trinajstić information content (AvgIpc) is 2.49. The molecular weight excluding hydrogens is 272 g/mol. The van der Waals surface area contributed by atoms with Gasteiger partial charge in [-0.3, -0.25) is 4.79 Å². The van der Waals surface area contributed by atoms with Crippen molar-refractivity contribution in [3.05, 3.63) is 64.7 Å². The summed E-state index contributed by atoms with van der Waals surface area (Å²) in [6.07, 6.45) is 1.23. The van der Waals surface area contributed by atoms with Crippen LogP contribution in [0.1, 0.15) is 29.3 Å². The molecule has 0 radical (unpaired) electrons. The summed E-state index contributed by atoms with van der Waals surface area (Å²) in [6, 6.07) is 14.8. The molecule has 3 heteroatoms. The quantitative estimate of drug-likeness (QED) is 0.729. The molecule has 2 aromatic carbocycles. The molecular formula is C17H17ClO2. The molecule has 0 aliphatic rings. The largest absolute Gasteiger partial charge is 0.493 e. The number of halogens is 1. The van der Waals surface area contributed by atoms with Crippen LogP contribution in [0, 0.1) is 0 Å². The van der Waals surface area contributed by atoms with Crippen LogP contribution in [0.4, 0.5) is 0 Å². The Morgan fingerprint density at radius 3 is 2.60 bits per heavy atom. The highest BCUT2D eigenvalue weighted by molar-refractivity contribution is 6.31. The number of Topliss-reactive ketones (excluding diaryl/α,β-unsaturated/α-hetero) is 1. The fourth-order valence-electron chi connectivity index (χ4n) is 1.94. The molecule has 0 spiro atoms. The topological polar surface area (TPSA) is 26.3 Å². The first-order valence-electron chi connectivity index (χ1n) is 6.70. The first kappa shape index (κ1) is 14.6. The number of benzene rings is 2. The minimum atomic E-state index is 0.0929. The van der Waals surface area contributed by atoms with Gasteiger partial charge in [0.2, 0.25) is 0 Å². The molecule has 0 heterocycles. The summed E-state index contributed by atoms with van der Waals surface area (Å²) in [5, 5.41) is 0.750. The van der Waals surface area contributed by atoms with Gasteiger partial charge in [-0.05, 0) is 30.2 Å². The Kier molecular flexibility index (Phi) is 5.19. The zero-order chi connectivity index (χ0) is 14.4. The molecule has 0 N–H and O–H groups in total. The van der Waals surface area contributed by atoms with Crippen LogP contribution < -0.4 is 4.74 Å². The predicted molar refractivity (Wildman–Crippen MR) is 81.7 cm³/mol. The molecule has 0 aliphatic carbocycles. The van der Waals surface area contributed by atoms with Crippen LogP contribution in [-0.2, 0) is 6.42 Å². The lowest BCUT2D eigenvalue weighted by molar-refractivity contribution is 0.0962. The predicted octanol–water partition coefficient (Wildman–Crippen LogP) is 4.55. The molecule has 104 valence electrons. The second-order valence-corrected chi connectivity index (χ2v) is 4.90. The lowest BCUT2D eigenvalue weighted by Gasteiger charge is -2.08. The van der Waals surface area contributed by atoms with E-state index in [1.807, 2.05) is 55.5 Å². The second-order valence-electron chi connectivity index (χ2n) is 4.49. The van der Waals surface area contributed by atoms with Gasteiger partial charge < -0.3 is 4.74 Å². The summed E-state index contributed by atoms with van der Waals surface area (Å²) in [4.78, 5) is 11.9. The van der Waals surface area contributed by atoms with Crippen LogP contribution in [0.5, 0.6) is 5.75 Å². The van der Waals surface area contributed by atoms with Crippen molar-refractivity contribution >= 4 is 17.4 Å². The SMILES string of the molecule is CCc1cc(OCCC(=O)c2ccccc2)ccc1Cl. The van der Waals surface area contributed by atoms with Gasteiger partial charge in [0.25, 0.3) is 0 Å². The monoisotopic (exact) mass is 288 g/mol. The normalized spacial score (nSPS) is 10.3. The van der Waals surface area contributed by atoms with Gasteiger partial charge in [-0.25, -0.2) is 0 Å². The molecule has 2 nitrogen and oxygen atoms in total. The Balaban J connectivity index is 1.89. The number of carbonyl (C=O) groups excluding carboxylic acids is 1. The van der Waals surface area contributed by atoms with Gasteiger partial charge >= 0.3 is 0 Å². The van der Waals surface area contributed by atoms with E-state index >= 15 is 0 Å². The van der Waals surface area contributed by atoms with Gasteiger partial charge in [-0.1, -0.05) is 48.9 Å². The second kappa shape index (κ2) is 7.11. The Labute approximate surface area is 124 Å². The van der Waals surface area contributed by atoms with E-state index in [-0.39, 0.29) is 5.78 Å². The summed E-state index contributed by atoms with van der Waals surface area (Å²) in [7, 11) is 0. The highest BCUT2D eigenvalue weighted by Gasteiger charge is 2.06. The molecule has 0 amide bonds. The van der Waals surface area contributed by atoms with Crippen molar-refractivity contribution in [2.45, 2.75) is 19.8 Å². The lowest BCUT2D eigenvalue weighted by atomic mass is 10.1. The van der Waals surface area contributed by atoms with Gasteiger partial charge in [0.1, 0.15) is 5.75 Å². The van der Waals surface area contributed by atoms with Crippen LogP contribution in [0.15, 0.2) is 48.5 Å². The molecule has 0 saturated heterocycles. The van der Waals surface area contributed by atoms with E-state index in [0.717, 1.165) is 28.3 Å². The summed E-state index contributed by atoms with van der Waals surface area (Å²) in [5.74, 6) is 0.849. The molecule has 0 bridgehead atoms. The van der Waals surface area contributed by atoms with Crippen molar-refractivity contribution in [1.29, 1.82) is 0 Å². The third kappa shape index (κ3) is 3.84. The van der Waals surface area contributed by atoms with Crippen molar-refractivity contribution < 1.29 is 9.53 Å². The van der Waals surface area contributed by atoms with E-state index in [4.69, 9.17) is 16.3 Å². The van der Waals surface area contributed by atoms with Crippen molar-refractivity contribution in [3.8, 4) is 5.75 Å². The van der Waals surface area contributed by atoms with Crippen LogP contribution in [-0.4, -0.2) is 12.4 Å². The van der Waals surface area contributed by atoms with Crippen molar-refractivity contribution in [2.75, 3.05) is 6.61 Å². The molecule has 2 aromatic rings. The zero-order valence-corrected chi connectivity index (χ0v) is 12.2. The van der Waals surface area contributed by atoms with Crippen molar-refractivity contribution in [1.82, 2.24) is 0 Å². The number of hydrogen-bond acceptors (Lipinski definition) is 2.